The third kappa shape index (κ3) is 4.04. The Morgan fingerprint density at radius 2 is 2.12 bits per heavy atom. The SMILES string of the molecule is CC[C@H](C)Nc1nc(Nc2cccc([N+](=O)[O-])c2C)cc(C2CC2)n1. The second kappa shape index (κ2) is 7.04. The highest BCUT2D eigenvalue weighted by Crippen LogP contribution is 2.40. The van der Waals surface area contributed by atoms with E-state index in [0.29, 0.717) is 28.9 Å². The number of nitrogens with zero attached hydrogens (tertiary/aromatic N) is 3. The van der Waals surface area contributed by atoms with Crippen molar-refractivity contribution >= 4 is 23.1 Å². The van der Waals surface area contributed by atoms with Crippen LogP contribution >= 0.6 is 0 Å². The quantitative estimate of drug-likeness (QED) is 0.568. The Labute approximate surface area is 147 Å². The third-order valence-corrected chi connectivity index (χ3v) is 4.49. The van der Waals surface area contributed by atoms with Crippen molar-refractivity contribution in [3.05, 3.63) is 45.6 Å². The molecule has 2 N–H and O–H groups in total. The summed E-state index contributed by atoms with van der Waals surface area (Å²) in [6, 6.07) is 7.23. The number of aromatic nitrogens is 2. The molecule has 1 aromatic carbocycles. The van der Waals surface area contributed by atoms with Crippen molar-refractivity contribution in [2.45, 2.75) is 52.0 Å². The van der Waals surface area contributed by atoms with Crippen LogP contribution in [0.25, 0.3) is 0 Å². The van der Waals surface area contributed by atoms with E-state index in [1.54, 1.807) is 13.0 Å². The first-order valence-electron chi connectivity index (χ1n) is 8.64. The molecule has 3 rings (SSSR count). The Morgan fingerprint density at radius 3 is 2.76 bits per heavy atom. The molecule has 2 aromatic rings. The van der Waals surface area contributed by atoms with Crippen molar-refractivity contribution in [1.82, 2.24) is 9.97 Å². The first-order chi connectivity index (χ1) is 12.0. The first-order valence-corrected chi connectivity index (χ1v) is 8.64. The molecule has 132 valence electrons. The fraction of sp³-hybridized carbons (Fsp3) is 0.444. The van der Waals surface area contributed by atoms with Crippen LogP contribution in [0.15, 0.2) is 24.3 Å². The molecule has 0 amide bonds. The molecular weight excluding hydrogens is 318 g/mol. The van der Waals surface area contributed by atoms with E-state index in [0.717, 1.165) is 25.0 Å². The minimum absolute atomic E-state index is 0.0967. The lowest BCUT2D eigenvalue weighted by Crippen LogP contribution is -2.16. The first kappa shape index (κ1) is 17.1. The topological polar surface area (TPSA) is 93.0 Å². The molecule has 0 aliphatic heterocycles. The molecule has 0 spiro atoms. The minimum atomic E-state index is -0.369. The zero-order valence-corrected chi connectivity index (χ0v) is 14.7. The van der Waals surface area contributed by atoms with Gasteiger partial charge in [-0.05, 0) is 39.2 Å². The standard InChI is InChI=1S/C18H23N5O2/c1-4-11(2)19-18-21-15(13-8-9-13)10-17(22-18)20-14-6-5-7-16(12(14)3)23(24)25/h5-7,10-11,13H,4,8-9H2,1-3H3,(H2,19,20,21,22)/t11-/m0/s1. The van der Waals surface area contributed by atoms with E-state index >= 15 is 0 Å². The van der Waals surface area contributed by atoms with Crippen molar-refractivity contribution in [2.24, 2.45) is 0 Å². The van der Waals surface area contributed by atoms with Crippen molar-refractivity contribution in [3.8, 4) is 0 Å². The fourth-order valence-corrected chi connectivity index (χ4v) is 2.60. The van der Waals surface area contributed by atoms with Gasteiger partial charge < -0.3 is 10.6 Å². The van der Waals surface area contributed by atoms with Gasteiger partial charge in [0, 0.05) is 29.8 Å². The molecule has 1 atom stereocenters. The van der Waals surface area contributed by atoms with Crippen LogP contribution in [-0.2, 0) is 0 Å². The predicted octanol–water partition coefficient (Wildman–Crippen LogP) is 4.52. The average molecular weight is 341 g/mol. The van der Waals surface area contributed by atoms with Crippen LogP contribution < -0.4 is 10.6 Å². The van der Waals surface area contributed by atoms with E-state index in [1.165, 1.54) is 6.07 Å². The van der Waals surface area contributed by atoms with E-state index < -0.39 is 0 Å². The van der Waals surface area contributed by atoms with Gasteiger partial charge in [-0.1, -0.05) is 13.0 Å². The Morgan fingerprint density at radius 1 is 1.36 bits per heavy atom. The maximum Gasteiger partial charge on any atom is 0.274 e. The molecule has 0 radical (unpaired) electrons. The van der Waals surface area contributed by atoms with E-state index in [1.807, 2.05) is 12.1 Å². The summed E-state index contributed by atoms with van der Waals surface area (Å²) in [5, 5.41) is 17.7. The largest absolute Gasteiger partial charge is 0.352 e. The lowest BCUT2D eigenvalue weighted by molar-refractivity contribution is -0.385. The van der Waals surface area contributed by atoms with E-state index in [-0.39, 0.29) is 16.7 Å². The maximum atomic E-state index is 11.1. The van der Waals surface area contributed by atoms with Gasteiger partial charge in [0.1, 0.15) is 5.82 Å². The molecule has 0 saturated heterocycles. The molecule has 1 saturated carbocycles. The van der Waals surface area contributed by atoms with Crippen molar-refractivity contribution in [3.63, 3.8) is 0 Å². The van der Waals surface area contributed by atoms with Crippen LogP contribution in [0, 0.1) is 17.0 Å². The number of anilines is 3. The maximum absolute atomic E-state index is 11.1. The molecule has 0 unspecified atom stereocenters. The molecule has 1 aliphatic rings. The summed E-state index contributed by atoms with van der Waals surface area (Å²) < 4.78 is 0. The van der Waals surface area contributed by atoms with Gasteiger partial charge in [0.25, 0.3) is 5.69 Å². The van der Waals surface area contributed by atoms with Crippen molar-refractivity contribution in [2.75, 3.05) is 10.6 Å². The van der Waals surface area contributed by atoms with Crippen molar-refractivity contribution < 1.29 is 4.92 Å². The smallest absolute Gasteiger partial charge is 0.274 e. The second-order valence-corrected chi connectivity index (χ2v) is 6.56. The average Bonchev–Trinajstić information content (AvgIpc) is 3.41. The highest BCUT2D eigenvalue weighted by atomic mass is 16.6. The summed E-state index contributed by atoms with van der Waals surface area (Å²) >= 11 is 0. The summed E-state index contributed by atoms with van der Waals surface area (Å²) in [7, 11) is 0. The van der Waals surface area contributed by atoms with Crippen LogP contribution in [0.3, 0.4) is 0 Å². The van der Waals surface area contributed by atoms with Gasteiger partial charge in [-0.3, -0.25) is 10.1 Å². The van der Waals surface area contributed by atoms with Gasteiger partial charge in [-0.25, -0.2) is 4.98 Å². The third-order valence-electron chi connectivity index (χ3n) is 4.49. The Hall–Kier alpha value is -2.70. The molecule has 1 aliphatic carbocycles. The van der Waals surface area contributed by atoms with Gasteiger partial charge >= 0.3 is 0 Å². The lowest BCUT2D eigenvalue weighted by atomic mass is 10.1. The van der Waals surface area contributed by atoms with Gasteiger partial charge in [-0.15, -0.1) is 0 Å². The molecule has 0 bridgehead atoms. The fourth-order valence-electron chi connectivity index (χ4n) is 2.60. The normalized spacial score (nSPS) is 14.8. The summed E-state index contributed by atoms with van der Waals surface area (Å²) in [4.78, 5) is 19.9. The number of hydrogen-bond acceptors (Lipinski definition) is 6. The monoisotopic (exact) mass is 341 g/mol. The molecule has 25 heavy (non-hydrogen) atoms. The number of hydrogen-bond donors (Lipinski definition) is 2. The highest BCUT2D eigenvalue weighted by Gasteiger charge is 2.26. The molecule has 7 nitrogen and oxygen atoms in total. The zero-order valence-electron chi connectivity index (χ0n) is 14.7. The molecular formula is C18H23N5O2. The second-order valence-electron chi connectivity index (χ2n) is 6.56. The number of rotatable bonds is 7. The van der Waals surface area contributed by atoms with Gasteiger partial charge in [-0.2, -0.15) is 4.98 Å². The Balaban J connectivity index is 1.91. The minimum Gasteiger partial charge on any atom is -0.352 e. The number of nitrogens with one attached hydrogen (secondary N) is 2. The van der Waals surface area contributed by atoms with Crippen LogP contribution in [0.5, 0.6) is 0 Å². The van der Waals surface area contributed by atoms with E-state index in [9.17, 15) is 10.1 Å². The van der Waals surface area contributed by atoms with E-state index in [2.05, 4.69) is 34.4 Å². The van der Waals surface area contributed by atoms with Gasteiger partial charge in [0.2, 0.25) is 5.95 Å². The zero-order chi connectivity index (χ0) is 18.0. The number of nitro benzene ring substituents is 1. The number of nitro groups is 1. The lowest BCUT2D eigenvalue weighted by Gasteiger charge is -2.15. The van der Waals surface area contributed by atoms with Gasteiger partial charge in [0.05, 0.1) is 16.2 Å². The van der Waals surface area contributed by atoms with Crippen molar-refractivity contribution in [1.29, 1.82) is 0 Å². The van der Waals surface area contributed by atoms with E-state index in [4.69, 9.17) is 0 Å². The summed E-state index contributed by atoms with van der Waals surface area (Å²) in [6.07, 6.45) is 3.27. The van der Waals surface area contributed by atoms with Crippen LogP contribution in [0.4, 0.5) is 23.1 Å². The highest BCUT2D eigenvalue weighted by molar-refractivity contribution is 5.66. The Bertz CT molecular complexity index is 789. The van der Waals surface area contributed by atoms with Crippen LogP contribution in [0.2, 0.25) is 0 Å². The summed E-state index contributed by atoms with van der Waals surface area (Å²) in [5.41, 5.74) is 2.39. The van der Waals surface area contributed by atoms with Crippen LogP contribution in [-0.4, -0.2) is 20.9 Å². The Kier molecular flexibility index (Phi) is 4.83. The summed E-state index contributed by atoms with van der Waals surface area (Å²) in [5.74, 6) is 1.75. The summed E-state index contributed by atoms with van der Waals surface area (Å²) in [6.45, 7) is 5.93. The molecule has 1 fully saturated rings. The molecule has 1 aromatic heterocycles. The number of benzene rings is 1. The molecule has 1 heterocycles. The predicted molar refractivity (Wildman–Crippen MR) is 98.5 cm³/mol. The van der Waals surface area contributed by atoms with Crippen LogP contribution in [0.1, 0.15) is 50.3 Å². The van der Waals surface area contributed by atoms with Gasteiger partial charge in [0.15, 0.2) is 0 Å². The molecule has 7 heteroatoms.